The van der Waals surface area contributed by atoms with E-state index in [2.05, 4.69) is 0 Å². The molecule has 0 N–H and O–H groups in total. The molecule has 1 aromatic carbocycles. The van der Waals surface area contributed by atoms with Gasteiger partial charge < -0.3 is 14.5 Å². The van der Waals surface area contributed by atoms with Gasteiger partial charge in [-0.05, 0) is 11.6 Å². The summed E-state index contributed by atoms with van der Waals surface area (Å²) in [6, 6.07) is 7.03. The van der Waals surface area contributed by atoms with Crippen molar-refractivity contribution in [3.63, 3.8) is 0 Å². The zero-order chi connectivity index (χ0) is 16.3. The molecule has 2 amide bonds. The Hall–Kier alpha value is -1.59. The lowest BCUT2D eigenvalue weighted by atomic mass is 9.92. The number of nitrogens with zero attached hydrogens (tertiary/aromatic N) is 2. The Morgan fingerprint density at radius 3 is 2.68 bits per heavy atom. The van der Waals surface area contributed by atoms with Gasteiger partial charge in [0, 0.05) is 39.2 Å². The summed E-state index contributed by atoms with van der Waals surface area (Å²) in [5.74, 6) is -0.514. The van der Waals surface area contributed by atoms with Gasteiger partial charge >= 0.3 is 0 Å². The predicted octanol–water partition coefficient (Wildman–Crippen LogP) is 1.96. The van der Waals surface area contributed by atoms with Crippen molar-refractivity contribution in [1.82, 2.24) is 9.80 Å². The van der Waals surface area contributed by atoms with E-state index < -0.39 is 5.92 Å². The first kappa shape index (κ1) is 16.8. The summed E-state index contributed by atoms with van der Waals surface area (Å²) in [5.41, 5.74) is 0.811. The number of hydrogen-bond donors (Lipinski definition) is 0. The highest BCUT2D eigenvalue weighted by Crippen LogP contribution is 2.41. The minimum Gasteiger partial charge on any atom is -0.383 e. The van der Waals surface area contributed by atoms with Crippen molar-refractivity contribution in [3.8, 4) is 0 Å². The highest BCUT2D eigenvalue weighted by molar-refractivity contribution is 6.31. The molecule has 1 fully saturated rings. The summed E-state index contributed by atoms with van der Waals surface area (Å²) in [7, 11) is 5.00. The van der Waals surface area contributed by atoms with Crippen molar-refractivity contribution in [2.45, 2.75) is 12.5 Å². The Kier molecular flexibility index (Phi) is 5.42. The van der Waals surface area contributed by atoms with Gasteiger partial charge in [0.25, 0.3) is 0 Å². The van der Waals surface area contributed by atoms with E-state index in [1.165, 1.54) is 4.90 Å². The highest BCUT2D eigenvalue weighted by atomic mass is 35.5. The number of methoxy groups -OCH3 is 1. The maximum Gasteiger partial charge on any atom is 0.228 e. The third-order valence-electron chi connectivity index (χ3n) is 3.95. The largest absolute Gasteiger partial charge is 0.383 e. The topological polar surface area (TPSA) is 49.9 Å². The van der Waals surface area contributed by atoms with Crippen LogP contribution >= 0.6 is 11.6 Å². The Bertz CT molecular complexity index is 562. The van der Waals surface area contributed by atoms with Crippen LogP contribution in [0, 0.1) is 5.92 Å². The first-order valence-electron chi connectivity index (χ1n) is 7.21. The van der Waals surface area contributed by atoms with E-state index in [4.69, 9.17) is 16.3 Å². The summed E-state index contributed by atoms with van der Waals surface area (Å²) in [6.45, 7) is 0.873. The summed E-state index contributed by atoms with van der Waals surface area (Å²) < 4.78 is 5.09. The molecule has 1 aromatic rings. The van der Waals surface area contributed by atoms with Gasteiger partial charge in [-0.2, -0.15) is 0 Å². The molecule has 0 radical (unpaired) electrons. The molecule has 0 aliphatic carbocycles. The molecule has 1 aliphatic heterocycles. The summed E-state index contributed by atoms with van der Waals surface area (Å²) in [6.07, 6.45) is 0.205. The molecule has 1 aliphatic rings. The third-order valence-corrected chi connectivity index (χ3v) is 4.29. The van der Waals surface area contributed by atoms with Crippen molar-refractivity contribution in [2.75, 3.05) is 34.4 Å². The van der Waals surface area contributed by atoms with Crippen LogP contribution in [-0.2, 0) is 14.3 Å². The fraction of sp³-hybridized carbons (Fsp3) is 0.500. The zero-order valence-corrected chi connectivity index (χ0v) is 13.8. The van der Waals surface area contributed by atoms with Gasteiger partial charge in [-0.3, -0.25) is 9.59 Å². The van der Waals surface area contributed by atoms with Crippen molar-refractivity contribution < 1.29 is 14.3 Å². The van der Waals surface area contributed by atoms with Gasteiger partial charge in [0.05, 0.1) is 18.6 Å². The first-order valence-corrected chi connectivity index (χ1v) is 7.59. The van der Waals surface area contributed by atoms with Gasteiger partial charge in [0.2, 0.25) is 11.8 Å². The number of ether oxygens (including phenoxy) is 1. The monoisotopic (exact) mass is 324 g/mol. The average Bonchev–Trinajstić information content (AvgIpc) is 2.81. The van der Waals surface area contributed by atoms with Crippen molar-refractivity contribution in [3.05, 3.63) is 34.9 Å². The van der Waals surface area contributed by atoms with Crippen LogP contribution in [0.4, 0.5) is 0 Å². The Morgan fingerprint density at radius 1 is 1.41 bits per heavy atom. The van der Waals surface area contributed by atoms with Crippen LogP contribution in [0.25, 0.3) is 0 Å². The number of hydrogen-bond acceptors (Lipinski definition) is 3. The maximum atomic E-state index is 12.5. The van der Waals surface area contributed by atoms with Crippen LogP contribution in [0.2, 0.25) is 5.02 Å². The predicted molar refractivity (Wildman–Crippen MR) is 84.6 cm³/mol. The van der Waals surface area contributed by atoms with Crippen LogP contribution in [0.5, 0.6) is 0 Å². The minimum absolute atomic E-state index is 0.0397. The van der Waals surface area contributed by atoms with Crippen LogP contribution in [0.1, 0.15) is 18.0 Å². The van der Waals surface area contributed by atoms with Gasteiger partial charge in [0.1, 0.15) is 0 Å². The second-order valence-electron chi connectivity index (χ2n) is 5.59. The van der Waals surface area contributed by atoms with Gasteiger partial charge in [0.15, 0.2) is 0 Å². The van der Waals surface area contributed by atoms with Gasteiger partial charge in [-0.1, -0.05) is 29.8 Å². The van der Waals surface area contributed by atoms with Gasteiger partial charge in [-0.25, -0.2) is 0 Å². The summed E-state index contributed by atoms with van der Waals surface area (Å²) in [5, 5.41) is 0.571. The molecule has 0 spiro atoms. The van der Waals surface area contributed by atoms with E-state index in [-0.39, 0.29) is 24.3 Å². The fourth-order valence-corrected chi connectivity index (χ4v) is 3.14. The van der Waals surface area contributed by atoms with E-state index in [1.807, 2.05) is 18.2 Å². The van der Waals surface area contributed by atoms with Crippen molar-refractivity contribution >= 4 is 23.4 Å². The second kappa shape index (κ2) is 7.11. The van der Waals surface area contributed by atoms with Crippen LogP contribution in [0.3, 0.4) is 0 Å². The normalized spacial score (nSPS) is 21.3. The third kappa shape index (κ3) is 3.25. The number of benzene rings is 1. The summed E-state index contributed by atoms with van der Waals surface area (Å²) >= 11 is 6.31. The lowest BCUT2D eigenvalue weighted by Gasteiger charge is -2.29. The minimum atomic E-state index is -0.417. The molecular formula is C16H21ClN2O3. The molecule has 1 heterocycles. The number of rotatable bonds is 5. The van der Waals surface area contributed by atoms with E-state index in [0.29, 0.717) is 18.2 Å². The molecule has 2 atom stereocenters. The van der Waals surface area contributed by atoms with E-state index >= 15 is 0 Å². The number of amides is 2. The molecule has 1 saturated heterocycles. The standard InChI is InChI=1S/C16H21ClN2O3/c1-18(2)16(21)12-10-14(20)19(8-9-22-3)15(12)11-6-4-5-7-13(11)17/h4-7,12,15H,8-10H2,1-3H3/t12-,15+/m1/s1. The molecule has 0 unspecified atom stereocenters. The van der Waals surface area contributed by atoms with E-state index in [0.717, 1.165) is 5.56 Å². The smallest absolute Gasteiger partial charge is 0.228 e. The number of likely N-dealkylation sites (tertiary alicyclic amines) is 1. The van der Waals surface area contributed by atoms with E-state index in [9.17, 15) is 9.59 Å². The Morgan fingerprint density at radius 2 is 2.09 bits per heavy atom. The SMILES string of the molecule is COCCN1C(=O)C[C@@H](C(=O)N(C)C)[C@@H]1c1ccccc1Cl. The van der Waals surface area contributed by atoms with E-state index in [1.54, 1.807) is 32.2 Å². The van der Waals surface area contributed by atoms with Gasteiger partial charge in [-0.15, -0.1) is 0 Å². The first-order chi connectivity index (χ1) is 10.5. The number of halogens is 1. The quantitative estimate of drug-likeness (QED) is 0.832. The van der Waals surface area contributed by atoms with Crippen LogP contribution < -0.4 is 0 Å². The average molecular weight is 325 g/mol. The molecule has 2 rings (SSSR count). The zero-order valence-electron chi connectivity index (χ0n) is 13.1. The molecule has 0 bridgehead atoms. The van der Waals surface area contributed by atoms with Crippen LogP contribution in [-0.4, -0.2) is 56.0 Å². The number of carbonyl (C=O) groups is 2. The molecular weight excluding hydrogens is 304 g/mol. The lowest BCUT2D eigenvalue weighted by Crippen LogP contribution is -2.36. The highest BCUT2D eigenvalue weighted by Gasteiger charge is 2.45. The second-order valence-corrected chi connectivity index (χ2v) is 6.00. The molecule has 5 nitrogen and oxygen atoms in total. The molecule has 6 heteroatoms. The molecule has 0 aromatic heterocycles. The fourth-order valence-electron chi connectivity index (χ4n) is 2.90. The Labute approximate surface area is 135 Å². The molecule has 0 saturated carbocycles. The molecule has 22 heavy (non-hydrogen) atoms. The maximum absolute atomic E-state index is 12.5. The van der Waals surface area contributed by atoms with Crippen molar-refractivity contribution in [2.24, 2.45) is 5.92 Å². The molecule has 120 valence electrons. The Balaban J connectivity index is 2.40. The van der Waals surface area contributed by atoms with Crippen LogP contribution in [0.15, 0.2) is 24.3 Å². The summed E-state index contributed by atoms with van der Waals surface area (Å²) in [4.78, 5) is 28.1. The lowest BCUT2D eigenvalue weighted by molar-refractivity contribution is -0.134. The number of carbonyl (C=O) groups excluding carboxylic acids is 2. The van der Waals surface area contributed by atoms with Crippen molar-refractivity contribution in [1.29, 1.82) is 0 Å².